The standard InChI is InChI=1S/C16H15NO3S/c1-3-20-10-4-5-14-12(6-10)13(8-17-14)16(18)15-7-11(19-2)9-21-15/h4-9,17H,3H2,1-2H3. The Labute approximate surface area is 126 Å². The summed E-state index contributed by atoms with van der Waals surface area (Å²) in [5, 5.41) is 2.70. The van der Waals surface area contributed by atoms with Crippen LogP contribution in [0.4, 0.5) is 0 Å². The van der Waals surface area contributed by atoms with Crippen molar-refractivity contribution in [3.63, 3.8) is 0 Å². The predicted molar refractivity (Wildman–Crippen MR) is 83.8 cm³/mol. The van der Waals surface area contributed by atoms with Crippen LogP contribution in [-0.2, 0) is 0 Å². The van der Waals surface area contributed by atoms with Crippen molar-refractivity contribution in [1.82, 2.24) is 4.98 Å². The van der Waals surface area contributed by atoms with Gasteiger partial charge in [0.2, 0.25) is 5.78 Å². The highest BCUT2D eigenvalue weighted by molar-refractivity contribution is 7.12. The van der Waals surface area contributed by atoms with Gasteiger partial charge in [0.1, 0.15) is 11.5 Å². The molecule has 0 amide bonds. The second-order valence-corrected chi connectivity index (χ2v) is 5.43. The van der Waals surface area contributed by atoms with Gasteiger partial charge in [0.15, 0.2) is 0 Å². The number of methoxy groups -OCH3 is 1. The van der Waals surface area contributed by atoms with E-state index in [2.05, 4.69) is 4.98 Å². The fourth-order valence-electron chi connectivity index (χ4n) is 2.22. The fraction of sp³-hybridized carbons (Fsp3) is 0.188. The molecule has 5 heteroatoms. The fourth-order valence-corrected chi connectivity index (χ4v) is 3.03. The zero-order chi connectivity index (χ0) is 14.8. The van der Waals surface area contributed by atoms with Crippen LogP contribution in [0.25, 0.3) is 10.9 Å². The van der Waals surface area contributed by atoms with Crippen molar-refractivity contribution in [2.75, 3.05) is 13.7 Å². The first kappa shape index (κ1) is 13.7. The molecule has 0 aliphatic carbocycles. The molecule has 1 aromatic carbocycles. The van der Waals surface area contributed by atoms with E-state index >= 15 is 0 Å². The number of hydrogen-bond donors (Lipinski definition) is 1. The molecule has 0 saturated carbocycles. The van der Waals surface area contributed by atoms with Crippen LogP contribution >= 0.6 is 11.3 Å². The summed E-state index contributed by atoms with van der Waals surface area (Å²) in [6.45, 7) is 2.53. The number of aromatic amines is 1. The van der Waals surface area contributed by atoms with Crippen molar-refractivity contribution in [3.05, 3.63) is 46.3 Å². The van der Waals surface area contributed by atoms with Gasteiger partial charge in [-0.25, -0.2) is 0 Å². The van der Waals surface area contributed by atoms with E-state index in [0.717, 1.165) is 16.7 Å². The second kappa shape index (κ2) is 5.61. The summed E-state index contributed by atoms with van der Waals surface area (Å²) in [5.74, 6) is 1.46. The maximum absolute atomic E-state index is 12.6. The molecule has 0 spiro atoms. The largest absolute Gasteiger partial charge is 0.496 e. The molecule has 21 heavy (non-hydrogen) atoms. The molecule has 0 unspecified atom stereocenters. The average molecular weight is 301 g/mol. The number of H-pyrrole nitrogens is 1. The van der Waals surface area contributed by atoms with E-state index in [9.17, 15) is 4.79 Å². The van der Waals surface area contributed by atoms with Gasteiger partial charge in [0.05, 0.1) is 18.6 Å². The minimum Gasteiger partial charge on any atom is -0.496 e. The van der Waals surface area contributed by atoms with Crippen molar-refractivity contribution >= 4 is 28.0 Å². The minimum atomic E-state index is -0.0109. The lowest BCUT2D eigenvalue weighted by Gasteiger charge is -2.03. The van der Waals surface area contributed by atoms with Crippen LogP contribution in [0, 0.1) is 0 Å². The Morgan fingerprint density at radius 1 is 1.29 bits per heavy atom. The minimum absolute atomic E-state index is 0.0109. The number of carbonyl (C=O) groups excluding carboxylic acids is 1. The van der Waals surface area contributed by atoms with E-state index in [1.807, 2.05) is 30.5 Å². The number of rotatable bonds is 5. The summed E-state index contributed by atoms with van der Waals surface area (Å²) < 4.78 is 10.6. The summed E-state index contributed by atoms with van der Waals surface area (Å²) in [4.78, 5) is 16.4. The van der Waals surface area contributed by atoms with E-state index < -0.39 is 0 Å². The van der Waals surface area contributed by atoms with Crippen LogP contribution in [0.1, 0.15) is 22.2 Å². The molecule has 0 atom stereocenters. The van der Waals surface area contributed by atoms with Gasteiger partial charge in [-0.1, -0.05) is 0 Å². The third kappa shape index (κ3) is 2.52. The lowest BCUT2D eigenvalue weighted by molar-refractivity contribution is 0.104. The number of carbonyl (C=O) groups is 1. The van der Waals surface area contributed by atoms with Crippen molar-refractivity contribution in [1.29, 1.82) is 0 Å². The van der Waals surface area contributed by atoms with Gasteiger partial charge >= 0.3 is 0 Å². The van der Waals surface area contributed by atoms with Gasteiger partial charge in [-0.3, -0.25) is 4.79 Å². The molecule has 4 nitrogen and oxygen atoms in total. The van der Waals surface area contributed by atoms with Gasteiger partial charge in [0, 0.05) is 34.1 Å². The quantitative estimate of drug-likeness (QED) is 0.728. The maximum Gasteiger partial charge on any atom is 0.205 e. The van der Waals surface area contributed by atoms with Crippen molar-refractivity contribution in [2.24, 2.45) is 0 Å². The molecule has 0 aliphatic heterocycles. The normalized spacial score (nSPS) is 10.8. The topological polar surface area (TPSA) is 51.3 Å². The van der Waals surface area contributed by atoms with E-state index in [1.54, 1.807) is 19.4 Å². The lowest BCUT2D eigenvalue weighted by Crippen LogP contribution is -1.97. The molecule has 0 bridgehead atoms. The van der Waals surface area contributed by atoms with Crippen LogP contribution in [0.5, 0.6) is 11.5 Å². The number of nitrogens with one attached hydrogen (secondary N) is 1. The number of benzene rings is 1. The van der Waals surface area contributed by atoms with Crippen molar-refractivity contribution < 1.29 is 14.3 Å². The number of ketones is 1. The monoisotopic (exact) mass is 301 g/mol. The molecule has 0 saturated heterocycles. The van der Waals surface area contributed by atoms with Crippen molar-refractivity contribution in [3.8, 4) is 11.5 Å². The molecule has 0 radical (unpaired) electrons. The number of fused-ring (bicyclic) bond motifs is 1. The maximum atomic E-state index is 12.6. The zero-order valence-corrected chi connectivity index (χ0v) is 12.6. The molecule has 1 N–H and O–H groups in total. The Kier molecular flexibility index (Phi) is 3.66. The van der Waals surface area contributed by atoms with E-state index in [-0.39, 0.29) is 5.78 Å². The Morgan fingerprint density at radius 3 is 2.86 bits per heavy atom. The summed E-state index contributed by atoms with van der Waals surface area (Å²) in [5.41, 5.74) is 1.57. The SMILES string of the molecule is CCOc1ccc2[nH]cc(C(=O)c3cc(OC)cs3)c2c1. The smallest absolute Gasteiger partial charge is 0.205 e. The van der Waals surface area contributed by atoms with Crippen molar-refractivity contribution in [2.45, 2.75) is 6.92 Å². The summed E-state index contributed by atoms with van der Waals surface area (Å²) in [7, 11) is 1.59. The van der Waals surface area contributed by atoms with E-state index in [4.69, 9.17) is 9.47 Å². The molecule has 3 rings (SSSR count). The number of ether oxygens (including phenoxy) is 2. The Bertz CT molecular complexity index is 788. The Hall–Kier alpha value is -2.27. The molecule has 3 aromatic rings. The van der Waals surface area contributed by atoms with Gasteiger partial charge in [-0.05, 0) is 25.1 Å². The third-order valence-corrected chi connectivity index (χ3v) is 4.15. The molecule has 0 fully saturated rings. The zero-order valence-electron chi connectivity index (χ0n) is 11.8. The second-order valence-electron chi connectivity index (χ2n) is 4.52. The van der Waals surface area contributed by atoms with Gasteiger partial charge in [0.25, 0.3) is 0 Å². The van der Waals surface area contributed by atoms with Crippen LogP contribution in [0.2, 0.25) is 0 Å². The van der Waals surface area contributed by atoms with Crippen LogP contribution < -0.4 is 9.47 Å². The first-order valence-corrected chi connectivity index (χ1v) is 7.52. The number of thiophene rings is 1. The Morgan fingerprint density at radius 2 is 2.14 bits per heavy atom. The molecule has 0 aliphatic rings. The molecule has 2 aromatic heterocycles. The van der Waals surface area contributed by atoms with Crippen LogP contribution in [0.15, 0.2) is 35.8 Å². The molecular formula is C16H15NO3S. The number of hydrogen-bond acceptors (Lipinski definition) is 4. The van der Waals surface area contributed by atoms with Gasteiger partial charge < -0.3 is 14.5 Å². The highest BCUT2D eigenvalue weighted by atomic mass is 32.1. The average Bonchev–Trinajstić information content (AvgIpc) is 3.13. The molecule has 2 heterocycles. The third-order valence-electron chi connectivity index (χ3n) is 3.24. The first-order chi connectivity index (χ1) is 10.2. The molecular weight excluding hydrogens is 286 g/mol. The summed E-state index contributed by atoms with van der Waals surface area (Å²) in [6.07, 6.45) is 1.74. The summed E-state index contributed by atoms with van der Waals surface area (Å²) in [6, 6.07) is 7.47. The highest BCUT2D eigenvalue weighted by Gasteiger charge is 2.17. The predicted octanol–water partition coefficient (Wildman–Crippen LogP) is 3.87. The van der Waals surface area contributed by atoms with E-state index in [1.165, 1.54) is 11.3 Å². The summed E-state index contributed by atoms with van der Waals surface area (Å²) >= 11 is 1.38. The van der Waals surface area contributed by atoms with Crippen LogP contribution in [-0.4, -0.2) is 24.5 Å². The number of aromatic nitrogens is 1. The first-order valence-electron chi connectivity index (χ1n) is 6.64. The van der Waals surface area contributed by atoms with E-state index in [0.29, 0.717) is 22.8 Å². The highest BCUT2D eigenvalue weighted by Crippen LogP contribution is 2.29. The molecule has 108 valence electrons. The van der Waals surface area contributed by atoms with Crippen LogP contribution in [0.3, 0.4) is 0 Å². The van der Waals surface area contributed by atoms with Gasteiger partial charge in [-0.15, -0.1) is 11.3 Å². The van der Waals surface area contributed by atoms with Gasteiger partial charge in [-0.2, -0.15) is 0 Å². The Balaban J connectivity index is 2.02. The lowest BCUT2D eigenvalue weighted by atomic mass is 10.1.